The van der Waals surface area contributed by atoms with Crippen molar-refractivity contribution in [3.05, 3.63) is 120 Å². The molecule has 0 atom stereocenters. The van der Waals surface area contributed by atoms with Crippen LogP contribution in [-0.4, -0.2) is 25.0 Å². The fourth-order valence-electron chi connectivity index (χ4n) is 4.34. The molecule has 0 radical (unpaired) electrons. The molecule has 200 valence electrons. The Morgan fingerprint density at radius 2 is 1.48 bits per heavy atom. The van der Waals surface area contributed by atoms with Crippen LogP contribution < -0.4 is 14.2 Å². The number of fused-ring (bicyclic) bond motifs is 1. The maximum Gasteiger partial charge on any atom is 0.348 e. The fourth-order valence-corrected chi connectivity index (χ4v) is 4.34. The lowest BCUT2D eigenvalue weighted by Crippen LogP contribution is -2.09. The van der Waals surface area contributed by atoms with Crippen molar-refractivity contribution in [2.75, 3.05) is 13.2 Å². The Hall–Kier alpha value is -5.10. The molecule has 0 bridgehead atoms. The Balaban J connectivity index is 1.38. The van der Waals surface area contributed by atoms with Crippen LogP contribution in [-0.2, 0) is 0 Å². The number of furan rings is 1. The van der Waals surface area contributed by atoms with Crippen LogP contribution in [0.15, 0.2) is 108 Å². The number of hydrogen-bond donors (Lipinski definition) is 0. The van der Waals surface area contributed by atoms with Crippen LogP contribution in [0, 0.1) is 0 Å². The zero-order valence-corrected chi connectivity index (χ0v) is 22.3. The summed E-state index contributed by atoms with van der Waals surface area (Å²) in [5, 5.41) is 0.596. The second-order valence-corrected chi connectivity index (χ2v) is 8.85. The van der Waals surface area contributed by atoms with E-state index in [9.17, 15) is 9.59 Å². The molecular weight excluding hydrogens is 504 g/mol. The van der Waals surface area contributed by atoms with Crippen molar-refractivity contribution in [1.82, 2.24) is 0 Å². The summed E-state index contributed by atoms with van der Waals surface area (Å²) in [7, 11) is 0. The van der Waals surface area contributed by atoms with Gasteiger partial charge in [0.25, 0.3) is 0 Å². The van der Waals surface area contributed by atoms with Gasteiger partial charge >= 0.3 is 5.97 Å². The van der Waals surface area contributed by atoms with Crippen molar-refractivity contribution in [2.45, 2.75) is 13.8 Å². The number of allylic oxidation sites excluding steroid dienone is 1. The minimum absolute atomic E-state index is 0.181. The van der Waals surface area contributed by atoms with Crippen molar-refractivity contribution < 1.29 is 28.2 Å². The minimum atomic E-state index is -0.572. The van der Waals surface area contributed by atoms with Gasteiger partial charge in [-0.05, 0) is 74.5 Å². The third-order valence-electron chi connectivity index (χ3n) is 6.19. The Labute approximate surface area is 232 Å². The number of para-hydroxylation sites is 1. The number of carbonyl (C=O) groups is 2. The smallest absolute Gasteiger partial charge is 0.348 e. The van der Waals surface area contributed by atoms with E-state index in [-0.39, 0.29) is 5.78 Å². The van der Waals surface area contributed by atoms with E-state index in [4.69, 9.17) is 18.6 Å². The zero-order valence-electron chi connectivity index (χ0n) is 22.3. The summed E-state index contributed by atoms with van der Waals surface area (Å²) in [5.41, 5.74) is 2.89. The number of esters is 1. The van der Waals surface area contributed by atoms with Crippen molar-refractivity contribution in [2.24, 2.45) is 0 Å². The van der Waals surface area contributed by atoms with E-state index in [1.165, 1.54) is 6.08 Å². The molecule has 6 nitrogen and oxygen atoms in total. The summed E-state index contributed by atoms with van der Waals surface area (Å²) in [6.07, 6.45) is 3.23. The van der Waals surface area contributed by atoms with Gasteiger partial charge in [0.2, 0.25) is 0 Å². The third kappa shape index (κ3) is 5.81. The largest absolute Gasteiger partial charge is 0.494 e. The van der Waals surface area contributed by atoms with Crippen LogP contribution in [0.4, 0.5) is 0 Å². The van der Waals surface area contributed by atoms with Gasteiger partial charge in [0.05, 0.1) is 13.2 Å². The molecule has 4 aromatic carbocycles. The lowest BCUT2D eigenvalue weighted by Gasteiger charge is -2.07. The summed E-state index contributed by atoms with van der Waals surface area (Å²) < 4.78 is 23.1. The third-order valence-corrected chi connectivity index (χ3v) is 6.19. The summed E-state index contributed by atoms with van der Waals surface area (Å²) in [6.45, 7) is 4.84. The molecule has 0 aliphatic carbocycles. The SMILES string of the molecule is CCOc1ccc2oc(-c3ccccc3)c(C(=O)Oc3ccc(C(=O)C=Cc4ccccc4OCC)cc3)c2c1. The van der Waals surface area contributed by atoms with Crippen molar-refractivity contribution in [3.63, 3.8) is 0 Å². The van der Waals surface area contributed by atoms with Gasteiger partial charge < -0.3 is 18.6 Å². The Morgan fingerprint density at radius 1 is 0.775 bits per heavy atom. The molecule has 0 aliphatic rings. The van der Waals surface area contributed by atoms with Gasteiger partial charge in [0.15, 0.2) is 5.78 Å². The number of benzene rings is 4. The zero-order chi connectivity index (χ0) is 27.9. The molecule has 40 heavy (non-hydrogen) atoms. The van der Waals surface area contributed by atoms with E-state index in [2.05, 4.69) is 0 Å². The average molecular weight is 533 g/mol. The van der Waals surface area contributed by atoms with Gasteiger partial charge in [-0.2, -0.15) is 0 Å². The first-order chi connectivity index (χ1) is 19.6. The molecule has 0 saturated carbocycles. The van der Waals surface area contributed by atoms with Crippen LogP contribution in [0.5, 0.6) is 17.2 Å². The van der Waals surface area contributed by atoms with E-state index >= 15 is 0 Å². The molecule has 0 aliphatic heterocycles. The molecule has 5 rings (SSSR count). The highest BCUT2D eigenvalue weighted by Crippen LogP contribution is 2.36. The van der Waals surface area contributed by atoms with Gasteiger partial charge in [0, 0.05) is 22.1 Å². The Kier molecular flexibility index (Phi) is 8.07. The number of hydrogen-bond acceptors (Lipinski definition) is 6. The maximum absolute atomic E-state index is 13.5. The molecule has 1 heterocycles. The van der Waals surface area contributed by atoms with Gasteiger partial charge in [-0.1, -0.05) is 48.5 Å². The highest BCUT2D eigenvalue weighted by atomic mass is 16.5. The molecule has 0 N–H and O–H groups in total. The van der Waals surface area contributed by atoms with E-state index in [0.717, 1.165) is 11.1 Å². The highest BCUT2D eigenvalue weighted by molar-refractivity contribution is 6.10. The molecule has 0 fully saturated rings. The lowest BCUT2D eigenvalue weighted by molar-refractivity contribution is 0.0737. The van der Waals surface area contributed by atoms with Gasteiger partial charge in [-0.25, -0.2) is 4.79 Å². The summed E-state index contributed by atoms with van der Waals surface area (Å²) in [6, 6.07) is 28.7. The van der Waals surface area contributed by atoms with Gasteiger partial charge in [-0.15, -0.1) is 0 Å². The summed E-state index contributed by atoms with van der Waals surface area (Å²) in [5.74, 6) is 1.31. The van der Waals surface area contributed by atoms with Gasteiger partial charge in [-0.3, -0.25) is 4.79 Å². The predicted octanol–water partition coefficient (Wildman–Crippen LogP) is 8.01. The average Bonchev–Trinajstić information content (AvgIpc) is 3.37. The van der Waals surface area contributed by atoms with Crippen molar-refractivity contribution >= 4 is 28.8 Å². The quantitative estimate of drug-likeness (QED) is 0.0785. The molecule has 1 aromatic heterocycles. The second-order valence-electron chi connectivity index (χ2n) is 8.85. The molecule has 0 unspecified atom stereocenters. The maximum atomic E-state index is 13.5. The second kappa shape index (κ2) is 12.2. The first-order valence-corrected chi connectivity index (χ1v) is 13.1. The standard InChI is InChI=1S/C34H28O6/c1-3-37-27-19-21-31-28(22-27)32(33(40-31)25-11-6-5-7-12-25)34(36)39-26-17-14-23(15-18-26)29(35)20-16-24-10-8-9-13-30(24)38-4-2/h5-22H,3-4H2,1-2H3. The molecule has 6 heteroatoms. The Morgan fingerprint density at radius 3 is 2.23 bits per heavy atom. The normalized spacial score (nSPS) is 11.1. The number of carbonyl (C=O) groups excluding carboxylic acids is 2. The summed E-state index contributed by atoms with van der Waals surface area (Å²) in [4.78, 5) is 26.3. The van der Waals surface area contributed by atoms with E-state index < -0.39 is 5.97 Å². The lowest BCUT2D eigenvalue weighted by atomic mass is 10.1. The molecule has 0 amide bonds. The topological polar surface area (TPSA) is 75.0 Å². The predicted molar refractivity (Wildman–Crippen MR) is 155 cm³/mol. The monoisotopic (exact) mass is 532 g/mol. The minimum Gasteiger partial charge on any atom is -0.494 e. The number of ether oxygens (including phenoxy) is 3. The Bertz CT molecular complexity index is 1660. The van der Waals surface area contributed by atoms with Crippen LogP contribution in [0.3, 0.4) is 0 Å². The molecule has 5 aromatic rings. The first-order valence-electron chi connectivity index (χ1n) is 13.1. The van der Waals surface area contributed by atoms with Crippen LogP contribution in [0.2, 0.25) is 0 Å². The van der Waals surface area contributed by atoms with Gasteiger partial charge in [0.1, 0.15) is 34.2 Å². The molecule has 0 spiro atoms. The van der Waals surface area contributed by atoms with Crippen molar-refractivity contribution in [1.29, 1.82) is 0 Å². The van der Waals surface area contributed by atoms with Crippen LogP contribution >= 0.6 is 0 Å². The first kappa shape index (κ1) is 26.5. The fraction of sp³-hybridized carbons (Fsp3) is 0.118. The number of rotatable bonds is 10. The van der Waals surface area contributed by atoms with E-state index in [1.807, 2.05) is 68.4 Å². The van der Waals surface area contributed by atoms with Crippen molar-refractivity contribution in [3.8, 4) is 28.6 Å². The molecular formula is C34H28O6. The van der Waals surface area contributed by atoms with E-state index in [0.29, 0.717) is 58.3 Å². The van der Waals surface area contributed by atoms with E-state index in [1.54, 1.807) is 48.5 Å². The van der Waals surface area contributed by atoms with Crippen LogP contribution in [0.25, 0.3) is 28.4 Å². The van der Waals surface area contributed by atoms with Crippen LogP contribution in [0.1, 0.15) is 40.1 Å². The number of ketones is 1. The molecule has 0 saturated heterocycles. The highest BCUT2D eigenvalue weighted by Gasteiger charge is 2.24. The summed E-state index contributed by atoms with van der Waals surface area (Å²) >= 11 is 0.